The minimum atomic E-state index is -1.28. The summed E-state index contributed by atoms with van der Waals surface area (Å²) >= 11 is 6.07. The minimum Gasteiger partial charge on any atom is -0.324 e. The number of hydrogen-bond acceptors (Lipinski definition) is 3. The lowest BCUT2D eigenvalue weighted by atomic mass is 10.2. The Morgan fingerprint density at radius 1 is 1.30 bits per heavy atom. The summed E-state index contributed by atoms with van der Waals surface area (Å²) in [5, 5.41) is 0.283. The van der Waals surface area contributed by atoms with Crippen LogP contribution in [-0.2, 0) is 17.5 Å². The number of benzene rings is 1. The molecule has 1 N–H and O–H groups in total. The molecular formula is C15H14ClFN4OS. The molecule has 3 rings (SSSR count). The van der Waals surface area contributed by atoms with Crippen LogP contribution in [0.1, 0.15) is 11.4 Å². The Labute approximate surface area is 140 Å². The van der Waals surface area contributed by atoms with Gasteiger partial charge in [-0.25, -0.2) is 18.6 Å². The van der Waals surface area contributed by atoms with E-state index < -0.39 is 11.0 Å². The largest absolute Gasteiger partial charge is 0.324 e. The van der Waals surface area contributed by atoms with Gasteiger partial charge in [0.05, 0.1) is 5.52 Å². The topological polar surface area (TPSA) is 59.8 Å². The van der Waals surface area contributed by atoms with E-state index in [1.165, 1.54) is 18.4 Å². The van der Waals surface area contributed by atoms with Crippen LogP contribution in [0.3, 0.4) is 0 Å². The molecule has 0 spiro atoms. The van der Waals surface area contributed by atoms with Crippen LogP contribution >= 0.6 is 11.6 Å². The number of imidazole rings is 1. The average Bonchev–Trinajstić information content (AvgIpc) is 2.78. The van der Waals surface area contributed by atoms with Crippen LogP contribution in [0.2, 0.25) is 5.15 Å². The molecule has 120 valence electrons. The summed E-state index contributed by atoms with van der Waals surface area (Å²) in [6.07, 6.45) is 1.51. The molecule has 1 atom stereocenters. The smallest absolute Gasteiger partial charge is 0.167 e. The van der Waals surface area contributed by atoms with E-state index in [0.717, 1.165) is 16.9 Å². The van der Waals surface area contributed by atoms with Crippen LogP contribution < -0.4 is 4.72 Å². The summed E-state index contributed by atoms with van der Waals surface area (Å²) in [6.45, 7) is 2.39. The summed E-state index contributed by atoms with van der Waals surface area (Å²) in [6, 6.07) is 8.01. The number of aromatic nitrogens is 3. The molecule has 1 aromatic carbocycles. The summed E-state index contributed by atoms with van der Waals surface area (Å²) < 4.78 is 29.2. The molecule has 0 fully saturated rings. The van der Waals surface area contributed by atoms with Gasteiger partial charge in [0.2, 0.25) is 0 Å². The van der Waals surface area contributed by atoms with Gasteiger partial charge < -0.3 is 4.57 Å². The molecule has 2 aromatic heterocycles. The predicted molar refractivity (Wildman–Crippen MR) is 90.5 cm³/mol. The fourth-order valence-electron chi connectivity index (χ4n) is 2.39. The number of hydrogen-bond donors (Lipinski definition) is 1. The van der Waals surface area contributed by atoms with Crippen molar-refractivity contribution in [2.24, 2.45) is 0 Å². The van der Waals surface area contributed by atoms with Gasteiger partial charge in [0.25, 0.3) is 0 Å². The molecule has 0 aliphatic heterocycles. The van der Waals surface area contributed by atoms with Crippen molar-refractivity contribution < 1.29 is 8.60 Å². The first kappa shape index (κ1) is 15.9. The molecule has 3 aromatic rings. The monoisotopic (exact) mass is 352 g/mol. The fourth-order valence-corrected chi connectivity index (χ4v) is 2.99. The maximum absolute atomic E-state index is 13.0. The van der Waals surface area contributed by atoms with E-state index in [-0.39, 0.29) is 11.0 Å². The van der Waals surface area contributed by atoms with Gasteiger partial charge in [0.1, 0.15) is 33.3 Å². The van der Waals surface area contributed by atoms with Crippen LogP contribution in [0, 0.1) is 12.7 Å². The molecule has 0 aliphatic rings. The molecule has 8 heteroatoms. The second kappa shape index (κ2) is 6.25. The molecule has 0 amide bonds. The summed E-state index contributed by atoms with van der Waals surface area (Å²) in [4.78, 5) is 8.64. The number of rotatable bonds is 4. The maximum atomic E-state index is 13.0. The third-order valence-electron chi connectivity index (χ3n) is 3.39. The molecule has 0 aliphatic carbocycles. The zero-order chi connectivity index (χ0) is 16.6. The number of pyridine rings is 1. The highest BCUT2D eigenvalue weighted by atomic mass is 35.5. The standard InChI is InChI=1S/C15H14ClFN4OS/c1-9-18-14-12(7-13(16)19-15(14)20-23(2)22)21(9)8-10-3-5-11(17)6-4-10/h3-7H,8H2,1-2H3,(H,19,20). The lowest BCUT2D eigenvalue weighted by Crippen LogP contribution is -2.05. The third kappa shape index (κ3) is 3.35. The van der Waals surface area contributed by atoms with E-state index in [4.69, 9.17) is 11.6 Å². The molecule has 5 nitrogen and oxygen atoms in total. The van der Waals surface area contributed by atoms with Gasteiger partial charge in [-0.05, 0) is 24.6 Å². The van der Waals surface area contributed by atoms with Crippen LogP contribution in [0.5, 0.6) is 0 Å². The molecule has 0 saturated heterocycles. The first-order valence-corrected chi connectivity index (χ1v) is 8.75. The zero-order valence-corrected chi connectivity index (χ0v) is 14.1. The maximum Gasteiger partial charge on any atom is 0.167 e. The van der Waals surface area contributed by atoms with E-state index in [2.05, 4.69) is 14.7 Å². The number of nitrogens with one attached hydrogen (secondary N) is 1. The summed E-state index contributed by atoms with van der Waals surface area (Å²) in [5.41, 5.74) is 2.32. The lowest BCUT2D eigenvalue weighted by molar-refractivity contribution is 0.626. The van der Waals surface area contributed by atoms with Gasteiger partial charge >= 0.3 is 0 Å². The Morgan fingerprint density at radius 2 is 2.00 bits per heavy atom. The second-order valence-electron chi connectivity index (χ2n) is 5.09. The molecule has 1 unspecified atom stereocenters. The highest BCUT2D eigenvalue weighted by Gasteiger charge is 2.15. The number of nitrogens with zero attached hydrogens (tertiary/aromatic N) is 3. The van der Waals surface area contributed by atoms with Gasteiger partial charge in [-0.2, -0.15) is 0 Å². The van der Waals surface area contributed by atoms with Crippen LogP contribution in [-0.4, -0.2) is 25.0 Å². The molecule has 0 bridgehead atoms. The predicted octanol–water partition coefficient (Wildman–Crippen LogP) is 3.29. The van der Waals surface area contributed by atoms with Crippen molar-refractivity contribution in [1.29, 1.82) is 0 Å². The van der Waals surface area contributed by atoms with Crippen LogP contribution in [0.25, 0.3) is 11.0 Å². The van der Waals surface area contributed by atoms with E-state index in [0.29, 0.717) is 17.9 Å². The highest BCUT2D eigenvalue weighted by molar-refractivity contribution is 7.85. The Hall–Kier alpha value is -1.99. The molecule has 0 saturated carbocycles. The minimum absolute atomic E-state index is 0.273. The Kier molecular flexibility index (Phi) is 4.32. The van der Waals surface area contributed by atoms with E-state index >= 15 is 0 Å². The molecular weight excluding hydrogens is 339 g/mol. The Bertz CT molecular complexity index is 895. The number of anilines is 1. The van der Waals surface area contributed by atoms with Gasteiger partial charge in [0, 0.05) is 18.9 Å². The zero-order valence-electron chi connectivity index (χ0n) is 12.5. The Morgan fingerprint density at radius 3 is 2.65 bits per heavy atom. The van der Waals surface area contributed by atoms with Gasteiger partial charge in [0.15, 0.2) is 5.82 Å². The first-order valence-electron chi connectivity index (χ1n) is 6.82. The molecule has 23 heavy (non-hydrogen) atoms. The quantitative estimate of drug-likeness (QED) is 0.733. The number of aryl methyl sites for hydroxylation is 1. The van der Waals surface area contributed by atoms with Gasteiger partial charge in [-0.1, -0.05) is 23.7 Å². The SMILES string of the molecule is Cc1nc2c(NS(C)=O)nc(Cl)cc2n1Cc1ccc(F)cc1. The van der Waals surface area contributed by atoms with Crippen LogP contribution in [0.4, 0.5) is 10.2 Å². The van der Waals surface area contributed by atoms with E-state index in [1.54, 1.807) is 18.2 Å². The average molecular weight is 353 g/mol. The van der Waals surface area contributed by atoms with Gasteiger partial charge in [-0.15, -0.1) is 0 Å². The third-order valence-corrected chi connectivity index (χ3v) is 4.07. The van der Waals surface area contributed by atoms with Crippen molar-refractivity contribution in [3.8, 4) is 0 Å². The number of fused-ring (bicyclic) bond motifs is 1. The van der Waals surface area contributed by atoms with E-state index in [1.807, 2.05) is 11.5 Å². The molecule has 0 radical (unpaired) electrons. The lowest BCUT2D eigenvalue weighted by Gasteiger charge is -2.08. The van der Waals surface area contributed by atoms with E-state index in [9.17, 15) is 8.60 Å². The number of halogens is 2. The van der Waals surface area contributed by atoms with Gasteiger partial charge in [-0.3, -0.25) is 4.72 Å². The fraction of sp³-hybridized carbons (Fsp3) is 0.200. The highest BCUT2D eigenvalue weighted by Crippen LogP contribution is 2.26. The molecule has 2 heterocycles. The first-order chi connectivity index (χ1) is 10.9. The van der Waals surface area contributed by atoms with Crippen molar-refractivity contribution in [2.45, 2.75) is 13.5 Å². The van der Waals surface area contributed by atoms with Crippen LogP contribution in [0.15, 0.2) is 30.3 Å². The summed E-state index contributed by atoms with van der Waals surface area (Å²) in [5.74, 6) is 0.873. The summed E-state index contributed by atoms with van der Waals surface area (Å²) in [7, 11) is -1.28. The Balaban J connectivity index is 2.10. The normalized spacial score (nSPS) is 12.5. The second-order valence-corrected chi connectivity index (χ2v) is 6.59. The van der Waals surface area contributed by atoms with Crippen molar-refractivity contribution in [1.82, 2.24) is 14.5 Å². The van der Waals surface area contributed by atoms with Crippen molar-refractivity contribution in [2.75, 3.05) is 11.0 Å². The van der Waals surface area contributed by atoms with Crippen molar-refractivity contribution in [3.63, 3.8) is 0 Å². The van der Waals surface area contributed by atoms with Crippen molar-refractivity contribution in [3.05, 3.63) is 52.7 Å². The van der Waals surface area contributed by atoms with Crippen molar-refractivity contribution >= 4 is 39.4 Å².